The van der Waals surface area contributed by atoms with Gasteiger partial charge in [0.2, 0.25) is 0 Å². The Morgan fingerprint density at radius 1 is 0.676 bits per heavy atom. The number of hydrogen-bond acceptors (Lipinski definition) is 6. The molecule has 0 aromatic heterocycles. The molecule has 5 heterocycles. The van der Waals surface area contributed by atoms with Crippen molar-refractivity contribution in [3.8, 4) is 0 Å². The van der Waals surface area contributed by atoms with Gasteiger partial charge in [0.25, 0.3) is 0 Å². The molecule has 0 saturated heterocycles. The zero-order chi connectivity index (χ0) is 26.4. The highest BCUT2D eigenvalue weighted by Gasteiger charge is 2.30. The number of nitrogens with zero attached hydrogens (tertiary/aromatic N) is 4. The summed E-state index contributed by atoms with van der Waals surface area (Å²) in [5, 5.41) is 13.4. The van der Waals surface area contributed by atoms with Crippen molar-refractivity contribution in [1.29, 1.82) is 0 Å². The molecule has 0 saturated carbocycles. The molecule has 5 aliphatic rings. The predicted octanol–water partition coefficient (Wildman–Crippen LogP) is 7.08. The number of aliphatic imine (C=N–C) groups is 3. The van der Waals surface area contributed by atoms with Gasteiger partial charge in [0.1, 0.15) is 11.4 Å². The van der Waals surface area contributed by atoms with Crippen molar-refractivity contribution >= 4 is 17.1 Å². The molecule has 0 fully saturated rings. The van der Waals surface area contributed by atoms with Gasteiger partial charge in [0.05, 0.1) is 34.2 Å². The van der Waals surface area contributed by atoms with E-state index in [1.54, 1.807) is 0 Å². The topological polar surface area (TPSA) is 72.6 Å². The van der Waals surface area contributed by atoms with Crippen LogP contribution in [0.5, 0.6) is 0 Å². The molecule has 0 aliphatic carbocycles. The first kappa shape index (κ1) is 25.0. The summed E-state index contributed by atoms with van der Waals surface area (Å²) in [5.41, 5.74) is 17.5. The summed E-state index contributed by atoms with van der Waals surface area (Å²) in [4.78, 5) is 15.2. The smallest absolute Gasteiger partial charge is 0.166 e. The molecular weight excluding hydrogens is 458 g/mol. The van der Waals surface area contributed by atoms with Gasteiger partial charge >= 0.3 is 0 Å². The van der Waals surface area contributed by atoms with Gasteiger partial charge in [-0.1, -0.05) is 27.7 Å². The number of fused-ring (bicyclic) bond motifs is 4. The molecule has 0 unspecified atom stereocenters. The highest BCUT2D eigenvalue weighted by Crippen LogP contribution is 2.37. The molecule has 2 N–H and O–H groups in total. The maximum Gasteiger partial charge on any atom is 0.166 e. The summed E-state index contributed by atoms with van der Waals surface area (Å²) >= 11 is 0. The van der Waals surface area contributed by atoms with E-state index in [1.165, 1.54) is 22.3 Å². The van der Waals surface area contributed by atoms with Crippen molar-refractivity contribution in [2.24, 2.45) is 15.0 Å². The molecule has 0 aromatic carbocycles. The summed E-state index contributed by atoms with van der Waals surface area (Å²) < 4.78 is 0. The minimum Gasteiger partial charge on any atom is -0.504 e. The Labute approximate surface area is 220 Å². The SMILES string of the molecule is CCC1=C(C)C2=NC1=CC1=NC(=CC3=NC(=CC4=CC(=C2O)NN4CC)C(C)=C3CC)C(CC)=C1CC. The highest BCUT2D eigenvalue weighted by atomic mass is 16.3. The summed E-state index contributed by atoms with van der Waals surface area (Å²) in [7, 11) is 0. The number of aliphatic hydroxyl groups excluding tert-OH is 1. The summed E-state index contributed by atoms with van der Waals surface area (Å²) in [6, 6.07) is 0. The summed E-state index contributed by atoms with van der Waals surface area (Å²) in [6.07, 6.45) is 11.9. The van der Waals surface area contributed by atoms with Crippen molar-refractivity contribution in [3.63, 3.8) is 0 Å². The van der Waals surface area contributed by atoms with Crippen molar-refractivity contribution in [3.05, 3.63) is 92.0 Å². The normalized spacial score (nSPS) is 21.3. The Morgan fingerprint density at radius 3 is 1.89 bits per heavy atom. The van der Waals surface area contributed by atoms with Gasteiger partial charge in [0.15, 0.2) is 5.76 Å². The van der Waals surface area contributed by atoms with Crippen LogP contribution in [0.3, 0.4) is 0 Å². The van der Waals surface area contributed by atoms with E-state index in [4.69, 9.17) is 15.0 Å². The lowest BCUT2D eigenvalue weighted by Gasteiger charge is -2.19. The zero-order valence-corrected chi connectivity index (χ0v) is 23.1. The van der Waals surface area contributed by atoms with Gasteiger partial charge in [-0.2, -0.15) is 0 Å². The third-order valence-electron chi connectivity index (χ3n) is 7.86. The molecule has 0 radical (unpaired) electrons. The lowest BCUT2D eigenvalue weighted by Crippen LogP contribution is -2.31. The molecule has 0 aromatic rings. The molecule has 37 heavy (non-hydrogen) atoms. The molecule has 8 bridgehead atoms. The third kappa shape index (κ3) is 3.99. The molecule has 5 rings (SSSR count). The Kier molecular flexibility index (Phi) is 6.52. The van der Waals surface area contributed by atoms with Gasteiger partial charge in [-0.05, 0) is 104 Å². The van der Waals surface area contributed by atoms with Crippen LogP contribution in [0.25, 0.3) is 0 Å². The van der Waals surface area contributed by atoms with Crippen LogP contribution in [-0.2, 0) is 0 Å². The largest absolute Gasteiger partial charge is 0.504 e. The first-order valence-corrected chi connectivity index (χ1v) is 13.6. The molecule has 6 nitrogen and oxygen atoms in total. The maximum atomic E-state index is 11.4. The van der Waals surface area contributed by atoms with E-state index in [0.29, 0.717) is 11.4 Å². The Balaban J connectivity index is 1.81. The lowest BCUT2D eigenvalue weighted by atomic mass is 9.96. The van der Waals surface area contributed by atoms with Crippen LogP contribution < -0.4 is 5.43 Å². The number of aliphatic hydroxyl groups is 1. The number of rotatable bonds is 5. The van der Waals surface area contributed by atoms with E-state index < -0.39 is 0 Å². The van der Waals surface area contributed by atoms with Crippen LogP contribution in [-0.4, -0.2) is 33.8 Å². The minimum absolute atomic E-state index is 0.164. The Bertz CT molecular complexity index is 1430. The van der Waals surface area contributed by atoms with Crippen molar-refractivity contribution in [1.82, 2.24) is 10.4 Å². The fourth-order valence-electron chi connectivity index (χ4n) is 5.84. The maximum absolute atomic E-state index is 11.4. The van der Waals surface area contributed by atoms with E-state index in [9.17, 15) is 5.11 Å². The summed E-state index contributed by atoms with van der Waals surface area (Å²) in [6.45, 7) is 15.7. The van der Waals surface area contributed by atoms with Crippen LogP contribution in [0.15, 0.2) is 107 Å². The fraction of sp³-hybridized carbons (Fsp3) is 0.387. The molecular formula is C31H37N5O. The third-order valence-corrected chi connectivity index (χ3v) is 7.86. The number of likely N-dealkylation sites (N-methyl/N-ethyl adjacent to an activating group) is 1. The lowest BCUT2D eigenvalue weighted by molar-refractivity contribution is 0.315. The molecule has 192 valence electrons. The van der Waals surface area contributed by atoms with Gasteiger partial charge in [-0.3, -0.25) is 10.4 Å². The first-order valence-electron chi connectivity index (χ1n) is 13.6. The molecule has 0 spiro atoms. The molecule has 0 amide bonds. The van der Waals surface area contributed by atoms with Gasteiger partial charge in [0, 0.05) is 6.54 Å². The van der Waals surface area contributed by atoms with Crippen LogP contribution in [0.4, 0.5) is 0 Å². The van der Waals surface area contributed by atoms with E-state index in [0.717, 1.165) is 77.6 Å². The second-order valence-electron chi connectivity index (χ2n) is 9.81. The predicted molar refractivity (Wildman–Crippen MR) is 153 cm³/mol. The zero-order valence-electron chi connectivity index (χ0n) is 23.1. The van der Waals surface area contributed by atoms with Crippen LogP contribution >= 0.6 is 0 Å². The van der Waals surface area contributed by atoms with Crippen molar-refractivity contribution in [2.45, 2.75) is 74.1 Å². The monoisotopic (exact) mass is 495 g/mol. The minimum atomic E-state index is 0.164. The van der Waals surface area contributed by atoms with Crippen LogP contribution in [0.2, 0.25) is 0 Å². The Morgan fingerprint density at radius 2 is 1.27 bits per heavy atom. The van der Waals surface area contributed by atoms with Crippen LogP contribution in [0.1, 0.15) is 74.1 Å². The number of hydrogen-bond donors (Lipinski definition) is 2. The standard InChI is InChI=1S/C31H37N5O/c1-8-20-17(6)24-13-19-14-29(35-36(19)12-5)31(37)30-18(7)21(9-2)26(34-30)16-28-23(11-4)22(10-3)27(33-28)15-25(20)32-24/h13-16,35,37H,8-12H2,1-7H3. The second kappa shape index (κ2) is 9.66. The van der Waals surface area contributed by atoms with Gasteiger partial charge in [-0.15, -0.1) is 0 Å². The second-order valence-corrected chi connectivity index (χ2v) is 9.81. The van der Waals surface area contributed by atoms with E-state index in [1.807, 2.05) is 18.0 Å². The number of allylic oxidation sites excluding steroid dienone is 10. The molecule has 6 heteroatoms. The van der Waals surface area contributed by atoms with Crippen molar-refractivity contribution in [2.75, 3.05) is 6.54 Å². The van der Waals surface area contributed by atoms with Gasteiger partial charge in [-0.25, -0.2) is 15.0 Å². The van der Waals surface area contributed by atoms with Crippen molar-refractivity contribution < 1.29 is 5.11 Å². The van der Waals surface area contributed by atoms with E-state index in [2.05, 4.69) is 65.2 Å². The molecule has 5 aliphatic heterocycles. The quantitative estimate of drug-likeness (QED) is 0.428. The number of hydrazine groups is 1. The first-order chi connectivity index (χ1) is 17.8. The van der Waals surface area contributed by atoms with Crippen LogP contribution in [0, 0.1) is 0 Å². The average Bonchev–Trinajstić information content (AvgIpc) is 3.61. The molecule has 0 atom stereocenters. The Hall–Kier alpha value is -3.67. The summed E-state index contributed by atoms with van der Waals surface area (Å²) in [5.74, 6) is 0.164. The highest BCUT2D eigenvalue weighted by molar-refractivity contribution is 6.18. The van der Waals surface area contributed by atoms with Gasteiger partial charge < -0.3 is 5.11 Å². The van der Waals surface area contributed by atoms with E-state index in [-0.39, 0.29) is 5.76 Å². The fourth-order valence-corrected chi connectivity index (χ4v) is 5.84. The van der Waals surface area contributed by atoms with E-state index >= 15 is 0 Å². The average molecular weight is 496 g/mol. The number of nitrogens with one attached hydrogen (secondary N) is 1.